The van der Waals surface area contributed by atoms with Crippen LogP contribution < -0.4 is 10.6 Å². The number of primary amides is 1. The second kappa shape index (κ2) is 8.11. The highest BCUT2D eigenvalue weighted by molar-refractivity contribution is 7.88. The first-order valence-electron chi connectivity index (χ1n) is 8.70. The van der Waals surface area contributed by atoms with Crippen LogP contribution >= 0.6 is 11.6 Å². The van der Waals surface area contributed by atoms with Gasteiger partial charge in [0.25, 0.3) is 5.91 Å². The van der Waals surface area contributed by atoms with Crippen LogP contribution in [0.3, 0.4) is 0 Å². The Balaban J connectivity index is 2.08. The van der Waals surface area contributed by atoms with Crippen molar-refractivity contribution in [2.45, 2.75) is 12.6 Å². The van der Waals surface area contributed by atoms with Crippen LogP contribution in [0, 0.1) is 0 Å². The van der Waals surface area contributed by atoms with E-state index in [9.17, 15) is 23.1 Å². The van der Waals surface area contributed by atoms with Gasteiger partial charge in [-0.25, -0.2) is 8.42 Å². The second-order valence-electron chi connectivity index (χ2n) is 6.75. The fraction of sp³-hybridized carbons (Fsp3) is 0.263. The Morgan fingerprint density at radius 1 is 1.24 bits per heavy atom. The number of carbonyl (C=O) groups is 2. The maximum absolute atomic E-state index is 13.3. The SMILES string of the molecule is CS(=O)(=O)N1Cc2ccccc2N(C(=O)c2ccc(C(N)=O)cc2Cl)CC1CO. The molecule has 2 aromatic rings. The van der Waals surface area contributed by atoms with E-state index < -0.39 is 34.5 Å². The number of aliphatic hydroxyl groups excluding tert-OH is 1. The standard InChI is InChI=1S/C19H20ClN3O5S/c1-29(27,28)23-9-13-4-2-3-5-17(13)22(10-14(23)11-24)19(26)15-7-6-12(18(21)25)8-16(15)20/h2-8,14,24H,9-11H2,1H3,(H2,21,25). The molecule has 0 saturated heterocycles. The smallest absolute Gasteiger partial charge is 0.259 e. The summed E-state index contributed by atoms with van der Waals surface area (Å²) < 4.78 is 25.7. The Bertz CT molecular complexity index is 1070. The molecule has 8 nitrogen and oxygen atoms in total. The van der Waals surface area contributed by atoms with Crippen molar-refractivity contribution in [1.82, 2.24) is 4.31 Å². The third-order valence-electron chi connectivity index (χ3n) is 4.78. The summed E-state index contributed by atoms with van der Waals surface area (Å²) in [4.78, 5) is 26.0. The quantitative estimate of drug-likeness (QED) is 0.744. The number of amides is 2. The molecule has 10 heteroatoms. The van der Waals surface area contributed by atoms with Gasteiger partial charge in [0, 0.05) is 24.3 Å². The van der Waals surface area contributed by atoms with Crippen molar-refractivity contribution in [3.8, 4) is 0 Å². The predicted molar refractivity (Wildman–Crippen MR) is 109 cm³/mol. The summed E-state index contributed by atoms with van der Waals surface area (Å²) in [6.07, 6.45) is 1.06. The first-order valence-corrected chi connectivity index (χ1v) is 10.9. The number of rotatable bonds is 4. The minimum Gasteiger partial charge on any atom is -0.395 e. The van der Waals surface area contributed by atoms with Crippen molar-refractivity contribution >= 4 is 39.1 Å². The monoisotopic (exact) mass is 437 g/mol. The lowest BCUT2D eigenvalue weighted by atomic mass is 10.1. The van der Waals surface area contributed by atoms with E-state index in [0.29, 0.717) is 11.3 Å². The number of hydrogen-bond acceptors (Lipinski definition) is 5. The van der Waals surface area contributed by atoms with E-state index in [-0.39, 0.29) is 29.2 Å². The first-order chi connectivity index (χ1) is 13.6. The number of nitrogens with two attached hydrogens (primary N) is 1. The summed E-state index contributed by atoms with van der Waals surface area (Å²) in [5.41, 5.74) is 6.69. The van der Waals surface area contributed by atoms with E-state index in [1.165, 1.54) is 27.4 Å². The van der Waals surface area contributed by atoms with Gasteiger partial charge in [0.2, 0.25) is 15.9 Å². The lowest BCUT2D eigenvalue weighted by molar-refractivity contribution is 0.0972. The van der Waals surface area contributed by atoms with Crippen molar-refractivity contribution in [3.05, 3.63) is 64.2 Å². The Hall–Kier alpha value is -2.46. The van der Waals surface area contributed by atoms with Crippen molar-refractivity contribution < 1.29 is 23.1 Å². The molecule has 154 valence electrons. The number of hydrogen-bond donors (Lipinski definition) is 2. The number of sulfonamides is 1. The number of para-hydroxylation sites is 1. The molecule has 29 heavy (non-hydrogen) atoms. The summed E-state index contributed by atoms with van der Waals surface area (Å²) in [5.74, 6) is -1.15. The molecule has 2 amide bonds. The van der Waals surface area contributed by atoms with Gasteiger partial charge in [-0.2, -0.15) is 4.31 Å². The highest BCUT2D eigenvalue weighted by Crippen LogP contribution is 2.31. The first kappa shape index (κ1) is 21.3. The maximum Gasteiger partial charge on any atom is 0.259 e. The number of aliphatic hydroxyl groups is 1. The molecule has 1 unspecified atom stereocenters. The van der Waals surface area contributed by atoms with E-state index >= 15 is 0 Å². The molecule has 0 saturated carbocycles. The van der Waals surface area contributed by atoms with Gasteiger partial charge in [-0.15, -0.1) is 0 Å². The third kappa shape index (κ3) is 4.27. The van der Waals surface area contributed by atoms with Crippen LogP contribution in [0.5, 0.6) is 0 Å². The minimum absolute atomic E-state index is 0.0261. The van der Waals surface area contributed by atoms with Crippen LogP contribution in [-0.2, 0) is 16.6 Å². The van der Waals surface area contributed by atoms with E-state index in [2.05, 4.69) is 0 Å². The highest BCUT2D eigenvalue weighted by Gasteiger charge is 2.35. The zero-order valence-electron chi connectivity index (χ0n) is 15.6. The molecular weight excluding hydrogens is 418 g/mol. The number of halogens is 1. The van der Waals surface area contributed by atoms with Gasteiger partial charge in [-0.05, 0) is 29.8 Å². The second-order valence-corrected chi connectivity index (χ2v) is 9.09. The van der Waals surface area contributed by atoms with Crippen LogP contribution in [0.2, 0.25) is 5.02 Å². The molecule has 0 aromatic heterocycles. The average molecular weight is 438 g/mol. The topological polar surface area (TPSA) is 121 Å². The molecule has 2 aromatic carbocycles. The highest BCUT2D eigenvalue weighted by atomic mass is 35.5. The van der Waals surface area contributed by atoms with Crippen LogP contribution in [-0.4, -0.2) is 55.1 Å². The molecule has 0 aliphatic carbocycles. The van der Waals surface area contributed by atoms with E-state index in [4.69, 9.17) is 17.3 Å². The van der Waals surface area contributed by atoms with E-state index in [1.807, 2.05) is 0 Å². The maximum atomic E-state index is 13.3. The van der Waals surface area contributed by atoms with Gasteiger partial charge in [0.15, 0.2) is 0 Å². The molecule has 3 N–H and O–H groups in total. The number of benzene rings is 2. The van der Waals surface area contributed by atoms with Gasteiger partial charge in [-0.1, -0.05) is 29.8 Å². The zero-order chi connectivity index (χ0) is 21.3. The molecule has 1 atom stereocenters. The minimum atomic E-state index is -3.63. The number of nitrogens with zero attached hydrogens (tertiary/aromatic N) is 2. The number of carbonyl (C=O) groups excluding carboxylic acids is 2. The molecule has 3 rings (SSSR count). The Kier molecular flexibility index (Phi) is 5.95. The molecule has 0 bridgehead atoms. The molecule has 0 fully saturated rings. The van der Waals surface area contributed by atoms with Gasteiger partial charge >= 0.3 is 0 Å². The summed E-state index contributed by atoms with van der Waals surface area (Å²) in [6, 6.07) is 10.2. The molecule has 1 aliphatic rings. The van der Waals surface area contributed by atoms with Crippen molar-refractivity contribution in [3.63, 3.8) is 0 Å². The number of anilines is 1. The molecular formula is C19H20ClN3O5S. The van der Waals surface area contributed by atoms with Gasteiger partial charge in [-0.3, -0.25) is 9.59 Å². The van der Waals surface area contributed by atoms with E-state index in [1.54, 1.807) is 24.3 Å². The van der Waals surface area contributed by atoms with E-state index in [0.717, 1.165) is 6.26 Å². The molecule has 0 radical (unpaired) electrons. The summed E-state index contributed by atoms with van der Waals surface area (Å²) >= 11 is 6.22. The fourth-order valence-electron chi connectivity index (χ4n) is 3.32. The fourth-order valence-corrected chi connectivity index (χ4v) is 4.63. The summed E-state index contributed by atoms with van der Waals surface area (Å²) in [7, 11) is -3.63. The van der Waals surface area contributed by atoms with Crippen LogP contribution in [0.1, 0.15) is 26.3 Å². The van der Waals surface area contributed by atoms with Crippen LogP contribution in [0.25, 0.3) is 0 Å². The zero-order valence-corrected chi connectivity index (χ0v) is 17.2. The Morgan fingerprint density at radius 3 is 2.52 bits per heavy atom. The Labute approximate surface area is 173 Å². The van der Waals surface area contributed by atoms with Crippen molar-refractivity contribution in [1.29, 1.82) is 0 Å². The largest absolute Gasteiger partial charge is 0.395 e. The Morgan fingerprint density at radius 2 is 1.93 bits per heavy atom. The van der Waals surface area contributed by atoms with Gasteiger partial charge < -0.3 is 15.7 Å². The van der Waals surface area contributed by atoms with Crippen LogP contribution in [0.4, 0.5) is 5.69 Å². The summed E-state index contributed by atoms with van der Waals surface area (Å²) in [5, 5.41) is 9.88. The molecule has 1 heterocycles. The molecule has 1 aliphatic heterocycles. The lowest BCUT2D eigenvalue weighted by Gasteiger charge is -2.29. The molecule has 0 spiro atoms. The van der Waals surface area contributed by atoms with Gasteiger partial charge in [0.05, 0.1) is 29.5 Å². The summed E-state index contributed by atoms with van der Waals surface area (Å²) in [6.45, 7) is -0.495. The third-order valence-corrected chi connectivity index (χ3v) is 6.37. The lowest BCUT2D eigenvalue weighted by Crippen LogP contribution is -2.47. The average Bonchev–Trinajstić information content (AvgIpc) is 2.84. The normalized spacial score (nSPS) is 17.5. The van der Waals surface area contributed by atoms with Crippen LogP contribution in [0.15, 0.2) is 42.5 Å². The van der Waals surface area contributed by atoms with Gasteiger partial charge in [0.1, 0.15) is 0 Å². The number of fused-ring (bicyclic) bond motifs is 1. The van der Waals surface area contributed by atoms with Crippen molar-refractivity contribution in [2.75, 3.05) is 24.3 Å². The predicted octanol–water partition coefficient (Wildman–Crippen LogP) is 1.22. The van der Waals surface area contributed by atoms with Crippen molar-refractivity contribution in [2.24, 2.45) is 5.73 Å².